The van der Waals surface area contributed by atoms with Crippen LogP contribution in [-0.2, 0) is 10.7 Å². The number of alkyl halides is 7. The van der Waals surface area contributed by atoms with Gasteiger partial charge in [-0.15, -0.1) is 0 Å². The molecule has 1 fully saturated rings. The van der Waals surface area contributed by atoms with E-state index in [2.05, 4.69) is 0 Å². The molecule has 2 aliphatic rings. The topological polar surface area (TPSA) is 29.5 Å². The summed E-state index contributed by atoms with van der Waals surface area (Å²) in [5.74, 6) is -5.84. The third-order valence-electron chi connectivity index (χ3n) is 4.42. The molecule has 148 valence electrons. The van der Waals surface area contributed by atoms with E-state index in [1.54, 1.807) is 0 Å². The number of nitrogens with zero attached hydrogens (tertiary/aromatic N) is 1. The highest BCUT2D eigenvalue weighted by atomic mass is 19.4. The van der Waals surface area contributed by atoms with Crippen molar-refractivity contribution in [3.05, 3.63) is 35.4 Å². The molecule has 1 atom stereocenters. The van der Waals surface area contributed by atoms with Gasteiger partial charge in [-0.3, -0.25) is 4.79 Å². The molecule has 27 heavy (non-hydrogen) atoms. The van der Waals surface area contributed by atoms with Gasteiger partial charge in [0.15, 0.2) is 6.10 Å². The van der Waals surface area contributed by atoms with Gasteiger partial charge >= 0.3 is 12.1 Å². The van der Waals surface area contributed by atoms with E-state index < -0.39 is 36.1 Å². The summed E-state index contributed by atoms with van der Waals surface area (Å²) in [7, 11) is 0. The van der Waals surface area contributed by atoms with Gasteiger partial charge in [-0.25, -0.2) is 8.78 Å². The van der Waals surface area contributed by atoms with Crippen LogP contribution in [0.4, 0.5) is 30.7 Å². The number of carbonyl (C=O) groups excluding carboxylic acids is 1. The number of amides is 1. The lowest BCUT2D eigenvalue weighted by Crippen LogP contribution is -2.38. The van der Waals surface area contributed by atoms with Crippen molar-refractivity contribution in [1.82, 2.24) is 4.90 Å². The predicted octanol–water partition coefficient (Wildman–Crippen LogP) is 4.72. The minimum atomic E-state index is -5.83. The van der Waals surface area contributed by atoms with Crippen molar-refractivity contribution in [3.63, 3.8) is 0 Å². The first-order valence-corrected chi connectivity index (χ1v) is 8.09. The standard InChI is InChI=1S/C17H14F7NO2/c18-15(19)13-8-11(25-6-2-1-3-14(25)26)10-7-9(4-5-12(10)27-13)16(20,21)17(22,23)24/h4-5,7-8,13,15H,1-3,6H2. The lowest BCUT2D eigenvalue weighted by atomic mass is 9.97. The molecule has 3 nitrogen and oxygen atoms in total. The van der Waals surface area contributed by atoms with Gasteiger partial charge in [0.2, 0.25) is 5.91 Å². The van der Waals surface area contributed by atoms with Crippen LogP contribution in [0.3, 0.4) is 0 Å². The van der Waals surface area contributed by atoms with E-state index in [0.717, 1.165) is 17.0 Å². The maximum absolute atomic E-state index is 13.7. The van der Waals surface area contributed by atoms with Crippen LogP contribution >= 0.6 is 0 Å². The van der Waals surface area contributed by atoms with Crippen LogP contribution in [0.25, 0.3) is 5.70 Å². The first kappa shape index (κ1) is 19.5. The molecule has 0 bridgehead atoms. The Morgan fingerprint density at radius 2 is 1.81 bits per heavy atom. The van der Waals surface area contributed by atoms with Crippen LogP contribution in [-0.4, -0.2) is 36.1 Å². The number of carbonyl (C=O) groups is 1. The summed E-state index contributed by atoms with van der Waals surface area (Å²) in [5, 5.41) is 0. The van der Waals surface area contributed by atoms with Gasteiger partial charge in [-0.05, 0) is 37.1 Å². The second-order valence-electron chi connectivity index (χ2n) is 6.25. The fraction of sp³-hybridized carbons (Fsp3) is 0.471. The summed E-state index contributed by atoms with van der Waals surface area (Å²) in [6, 6.07) is 1.81. The van der Waals surface area contributed by atoms with Crippen molar-refractivity contribution in [2.75, 3.05) is 6.54 Å². The lowest BCUT2D eigenvalue weighted by Gasteiger charge is -2.34. The Morgan fingerprint density at radius 1 is 1.11 bits per heavy atom. The van der Waals surface area contributed by atoms with Crippen LogP contribution < -0.4 is 4.74 Å². The molecule has 0 N–H and O–H groups in total. The van der Waals surface area contributed by atoms with Crippen molar-refractivity contribution in [1.29, 1.82) is 0 Å². The third-order valence-corrected chi connectivity index (χ3v) is 4.42. The smallest absolute Gasteiger partial charge is 0.458 e. The number of rotatable bonds is 3. The summed E-state index contributed by atoms with van der Waals surface area (Å²) >= 11 is 0. The van der Waals surface area contributed by atoms with E-state index in [1.165, 1.54) is 0 Å². The Hall–Kier alpha value is -2.26. The molecule has 0 saturated carbocycles. The molecule has 1 amide bonds. The van der Waals surface area contributed by atoms with Crippen molar-refractivity contribution in [2.45, 2.75) is 43.9 Å². The molecule has 0 aliphatic carbocycles. The molecular formula is C17H14F7NO2. The zero-order valence-electron chi connectivity index (χ0n) is 13.7. The van der Waals surface area contributed by atoms with E-state index in [9.17, 15) is 35.5 Å². The second-order valence-corrected chi connectivity index (χ2v) is 6.25. The molecule has 10 heteroatoms. The fourth-order valence-corrected chi connectivity index (χ4v) is 3.04. The maximum Gasteiger partial charge on any atom is 0.458 e. The summed E-state index contributed by atoms with van der Waals surface area (Å²) in [6.07, 6.45) is -8.38. The van der Waals surface area contributed by atoms with Gasteiger partial charge in [0.05, 0.1) is 5.70 Å². The molecule has 1 unspecified atom stereocenters. The van der Waals surface area contributed by atoms with Gasteiger partial charge in [0.25, 0.3) is 6.43 Å². The Bertz CT molecular complexity index is 773. The van der Waals surface area contributed by atoms with Crippen LogP contribution in [0, 0.1) is 0 Å². The molecule has 3 rings (SSSR count). The van der Waals surface area contributed by atoms with Gasteiger partial charge in [0.1, 0.15) is 5.75 Å². The molecule has 1 saturated heterocycles. The third kappa shape index (κ3) is 3.49. The minimum absolute atomic E-state index is 0.130. The average molecular weight is 397 g/mol. The van der Waals surface area contributed by atoms with E-state index in [0.29, 0.717) is 25.0 Å². The van der Waals surface area contributed by atoms with Gasteiger partial charge < -0.3 is 9.64 Å². The fourth-order valence-electron chi connectivity index (χ4n) is 3.04. The summed E-state index contributed by atoms with van der Waals surface area (Å²) in [4.78, 5) is 13.3. The van der Waals surface area contributed by atoms with Crippen LogP contribution in [0.5, 0.6) is 5.75 Å². The van der Waals surface area contributed by atoms with E-state index >= 15 is 0 Å². The van der Waals surface area contributed by atoms with E-state index in [-0.39, 0.29) is 30.0 Å². The van der Waals surface area contributed by atoms with Gasteiger partial charge in [0, 0.05) is 24.1 Å². The van der Waals surface area contributed by atoms with Gasteiger partial charge in [-0.2, -0.15) is 22.0 Å². The number of ether oxygens (including phenoxy) is 1. The Labute approximate surface area is 149 Å². The molecule has 0 aromatic heterocycles. The van der Waals surface area contributed by atoms with Crippen LogP contribution in [0.1, 0.15) is 30.4 Å². The first-order valence-electron chi connectivity index (χ1n) is 8.09. The highest BCUT2D eigenvalue weighted by Gasteiger charge is 2.59. The number of piperidine rings is 1. The lowest BCUT2D eigenvalue weighted by molar-refractivity contribution is -0.289. The maximum atomic E-state index is 13.7. The highest BCUT2D eigenvalue weighted by molar-refractivity contribution is 5.89. The largest absolute Gasteiger partial charge is 0.480 e. The number of fused-ring (bicyclic) bond motifs is 1. The van der Waals surface area contributed by atoms with E-state index in [1.807, 2.05) is 0 Å². The predicted molar refractivity (Wildman–Crippen MR) is 80.4 cm³/mol. The van der Waals surface area contributed by atoms with Crippen molar-refractivity contribution in [3.8, 4) is 5.75 Å². The summed E-state index contributed by atoms with van der Waals surface area (Å²) in [5.41, 5.74) is -1.74. The molecule has 0 spiro atoms. The normalized spacial score (nSPS) is 21.0. The second kappa shape index (κ2) is 6.72. The quantitative estimate of drug-likeness (QED) is 0.691. The molecule has 1 aromatic carbocycles. The Morgan fingerprint density at radius 3 is 2.41 bits per heavy atom. The van der Waals surface area contributed by atoms with Crippen molar-refractivity contribution in [2.24, 2.45) is 0 Å². The molecule has 1 aromatic rings. The number of hydrogen-bond donors (Lipinski definition) is 0. The average Bonchev–Trinajstić information content (AvgIpc) is 2.59. The molecular weight excluding hydrogens is 383 g/mol. The summed E-state index contributed by atoms with van der Waals surface area (Å²) in [6.45, 7) is 0.153. The highest BCUT2D eigenvalue weighted by Crippen LogP contribution is 2.46. The SMILES string of the molecule is O=C1CCCCN1C1=CC(C(F)F)Oc2ccc(C(F)(F)C(F)(F)F)cc21. The number of likely N-dealkylation sites (tertiary alicyclic amines) is 1. The monoisotopic (exact) mass is 397 g/mol. The Kier molecular flexibility index (Phi) is 4.85. The van der Waals surface area contributed by atoms with Crippen molar-refractivity contribution < 1.29 is 40.3 Å². The van der Waals surface area contributed by atoms with Crippen LogP contribution in [0.15, 0.2) is 24.3 Å². The summed E-state index contributed by atoms with van der Waals surface area (Å²) < 4.78 is 96.7. The zero-order valence-corrected chi connectivity index (χ0v) is 13.7. The van der Waals surface area contributed by atoms with Gasteiger partial charge in [-0.1, -0.05) is 0 Å². The number of benzene rings is 1. The molecule has 0 radical (unpaired) electrons. The molecule has 2 heterocycles. The number of hydrogen-bond acceptors (Lipinski definition) is 2. The van der Waals surface area contributed by atoms with Crippen LogP contribution in [0.2, 0.25) is 0 Å². The minimum Gasteiger partial charge on any atom is -0.480 e. The van der Waals surface area contributed by atoms with Crippen molar-refractivity contribution >= 4 is 11.6 Å². The first-order chi connectivity index (χ1) is 12.5. The zero-order chi connectivity index (χ0) is 20.0. The molecule has 2 aliphatic heterocycles. The van der Waals surface area contributed by atoms with E-state index in [4.69, 9.17) is 4.74 Å². The Balaban J connectivity index is 2.10. The number of halogens is 7.